The van der Waals surface area contributed by atoms with E-state index in [0.29, 0.717) is 6.07 Å². The van der Waals surface area contributed by atoms with Crippen LogP contribution in [0, 0.1) is 5.82 Å². The van der Waals surface area contributed by atoms with Crippen molar-refractivity contribution in [3.8, 4) is 0 Å². The lowest BCUT2D eigenvalue weighted by atomic mass is 10.0. The molecule has 2 amide bonds. The Labute approximate surface area is 155 Å². The quantitative estimate of drug-likeness (QED) is 0.708. The third kappa shape index (κ3) is 4.66. The molecule has 0 unspecified atom stereocenters. The molecule has 1 N–H and O–H groups in total. The first-order valence-electron chi connectivity index (χ1n) is 7.63. The van der Waals surface area contributed by atoms with Crippen molar-refractivity contribution >= 4 is 27.9 Å². The summed E-state index contributed by atoms with van der Waals surface area (Å²) < 4.78 is 57.7. The van der Waals surface area contributed by atoms with E-state index in [1.54, 1.807) is 20.8 Å². The van der Waals surface area contributed by atoms with Crippen molar-refractivity contribution in [3.05, 3.63) is 33.5 Å². The van der Waals surface area contributed by atoms with Gasteiger partial charge in [-0.3, -0.25) is 4.79 Å². The number of halogens is 5. The standard InChI is InChI=1S/C16H17BrF4N2O3/c1-15(2,3)26-14(25)22-8-6-23(7-8)13(24)11-10(17)5-4-9(12(11)18)16(19,20)21/h4-5,8H,6-7H2,1-3H3,(H,22,25). The summed E-state index contributed by atoms with van der Waals surface area (Å²) >= 11 is 2.91. The molecule has 0 atom stereocenters. The zero-order valence-electron chi connectivity index (χ0n) is 14.2. The van der Waals surface area contributed by atoms with Gasteiger partial charge >= 0.3 is 12.3 Å². The van der Waals surface area contributed by atoms with Crippen molar-refractivity contribution in [2.24, 2.45) is 0 Å². The first-order chi connectivity index (χ1) is 11.8. The van der Waals surface area contributed by atoms with E-state index in [4.69, 9.17) is 4.74 Å². The lowest BCUT2D eigenvalue weighted by molar-refractivity contribution is -0.140. The Balaban J connectivity index is 2.05. The maximum absolute atomic E-state index is 14.2. The van der Waals surface area contributed by atoms with E-state index in [9.17, 15) is 27.2 Å². The topological polar surface area (TPSA) is 58.6 Å². The molecule has 1 saturated heterocycles. The maximum atomic E-state index is 14.2. The number of nitrogens with zero attached hydrogens (tertiary/aromatic N) is 1. The van der Waals surface area contributed by atoms with Gasteiger partial charge in [-0.05, 0) is 48.8 Å². The highest BCUT2D eigenvalue weighted by Crippen LogP contribution is 2.35. The fourth-order valence-electron chi connectivity index (χ4n) is 2.34. The second-order valence-electron chi connectivity index (χ2n) is 6.83. The van der Waals surface area contributed by atoms with Crippen LogP contribution in [0.2, 0.25) is 0 Å². The van der Waals surface area contributed by atoms with E-state index in [2.05, 4.69) is 21.2 Å². The number of hydrogen-bond donors (Lipinski definition) is 1. The first-order valence-corrected chi connectivity index (χ1v) is 8.43. The number of amides is 2. The lowest BCUT2D eigenvalue weighted by Gasteiger charge is -2.39. The molecule has 0 radical (unpaired) electrons. The molecule has 0 aromatic heterocycles. The molecule has 5 nitrogen and oxygen atoms in total. The molecule has 1 aromatic carbocycles. The fraction of sp³-hybridized carbons (Fsp3) is 0.500. The molecule has 0 spiro atoms. The number of alkyl carbamates (subject to hydrolysis) is 1. The Morgan fingerprint density at radius 1 is 1.23 bits per heavy atom. The summed E-state index contributed by atoms with van der Waals surface area (Å²) in [6.45, 7) is 5.16. The largest absolute Gasteiger partial charge is 0.444 e. The van der Waals surface area contributed by atoms with E-state index in [1.807, 2.05) is 0 Å². The van der Waals surface area contributed by atoms with E-state index < -0.39 is 46.8 Å². The number of alkyl halides is 3. The Morgan fingerprint density at radius 2 is 1.81 bits per heavy atom. The van der Waals surface area contributed by atoms with Crippen LogP contribution in [0.15, 0.2) is 16.6 Å². The molecule has 1 fully saturated rings. The summed E-state index contributed by atoms with van der Waals surface area (Å²) in [7, 11) is 0. The molecular formula is C16H17BrF4N2O3. The van der Waals surface area contributed by atoms with Gasteiger partial charge in [0.1, 0.15) is 11.4 Å². The van der Waals surface area contributed by atoms with Crippen LogP contribution in [0.5, 0.6) is 0 Å². The van der Waals surface area contributed by atoms with Gasteiger partial charge in [-0.25, -0.2) is 9.18 Å². The maximum Gasteiger partial charge on any atom is 0.419 e. The lowest BCUT2D eigenvalue weighted by Crippen LogP contribution is -2.61. The van der Waals surface area contributed by atoms with Crippen molar-refractivity contribution in [1.82, 2.24) is 10.2 Å². The summed E-state index contributed by atoms with van der Waals surface area (Å²) in [6.07, 6.45) is -5.57. The Bertz CT molecular complexity index is 725. The minimum absolute atomic E-state index is 0.0419. The minimum Gasteiger partial charge on any atom is -0.444 e. The summed E-state index contributed by atoms with van der Waals surface area (Å²) in [5, 5.41) is 2.53. The molecule has 144 valence electrons. The average Bonchev–Trinajstić information content (AvgIpc) is 2.38. The third-order valence-corrected chi connectivity index (χ3v) is 4.16. The smallest absolute Gasteiger partial charge is 0.419 e. The van der Waals surface area contributed by atoms with Gasteiger partial charge in [0.25, 0.3) is 5.91 Å². The predicted octanol–water partition coefficient (Wildman–Crippen LogP) is 3.96. The Hall–Kier alpha value is -1.84. The molecule has 10 heteroatoms. The van der Waals surface area contributed by atoms with Crippen LogP contribution < -0.4 is 5.32 Å². The van der Waals surface area contributed by atoms with E-state index in [-0.39, 0.29) is 17.6 Å². The van der Waals surface area contributed by atoms with Gasteiger partial charge in [-0.15, -0.1) is 0 Å². The number of rotatable bonds is 2. The van der Waals surface area contributed by atoms with Gasteiger partial charge in [0, 0.05) is 17.6 Å². The second-order valence-corrected chi connectivity index (χ2v) is 7.69. The minimum atomic E-state index is -4.91. The third-order valence-electron chi connectivity index (χ3n) is 3.50. The molecule has 2 rings (SSSR count). The summed E-state index contributed by atoms with van der Waals surface area (Å²) in [5.41, 5.74) is -2.88. The number of carbonyl (C=O) groups is 2. The number of ether oxygens (including phenoxy) is 1. The van der Waals surface area contributed by atoms with Crippen LogP contribution in [0.4, 0.5) is 22.4 Å². The van der Waals surface area contributed by atoms with E-state index in [0.717, 1.165) is 11.0 Å². The highest BCUT2D eigenvalue weighted by molar-refractivity contribution is 9.10. The van der Waals surface area contributed by atoms with Crippen LogP contribution in [-0.4, -0.2) is 41.6 Å². The van der Waals surface area contributed by atoms with Crippen molar-refractivity contribution < 1.29 is 31.9 Å². The first kappa shape index (κ1) is 20.5. The van der Waals surface area contributed by atoms with Crippen molar-refractivity contribution in [3.63, 3.8) is 0 Å². The molecule has 0 aliphatic carbocycles. The molecule has 1 aliphatic heterocycles. The molecule has 0 bridgehead atoms. The van der Waals surface area contributed by atoms with Crippen molar-refractivity contribution in [2.75, 3.05) is 13.1 Å². The normalized spacial score (nSPS) is 15.5. The number of benzene rings is 1. The Kier molecular flexibility index (Phi) is 5.55. The number of likely N-dealkylation sites (tertiary alicyclic amines) is 1. The fourth-order valence-corrected chi connectivity index (χ4v) is 2.81. The highest BCUT2D eigenvalue weighted by Gasteiger charge is 2.39. The molecular weight excluding hydrogens is 424 g/mol. The number of nitrogens with one attached hydrogen (secondary N) is 1. The van der Waals surface area contributed by atoms with Gasteiger partial charge in [0.2, 0.25) is 0 Å². The average molecular weight is 441 g/mol. The van der Waals surface area contributed by atoms with Crippen LogP contribution in [0.1, 0.15) is 36.7 Å². The molecule has 1 aliphatic rings. The van der Waals surface area contributed by atoms with Crippen molar-refractivity contribution in [1.29, 1.82) is 0 Å². The Morgan fingerprint density at radius 3 is 2.31 bits per heavy atom. The van der Waals surface area contributed by atoms with E-state index in [1.165, 1.54) is 0 Å². The zero-order chi connectivity index (χ0) is 19.9. The van der Waals surface area contributed by atoms with Crippen LogP contribution >= 0.6 is 15.9 Å². The van der Waals surface area contributed by atoms with Gasteiger partial charge in [-0.1, -0.05) is 0 Å². The van der Waals surface area contributed by atoms with Gasteiger partial charge < -0.3 is 15.0 Å². The summed E-state index contributed by atoms with van der Waals surface area (Å²) in [5.74, 6) is -2.51. The van der Waals surface area contributed by atoms with Crippen LogP contribution in [0.25, 0.3) is 0 Å². The predicted molar refractivity (Wildman–Crippen MR) is 88.2 cm³/mol. The van der Waals surface area contributed by atoms with E-state index >= 15 is 0 Å². The van der Waals surface area contributed by atoms with Crippen molar-refractivity contribution in [2.45, 2.75) is 38.6 Å². The van der Waals surface area contributed by atoms with Crippen LogP contribution in [-0.2, 0) is 10.9 Å². The van der Waals surface area contributed by atoms with Gasteiger partial charge in [0.05, 0.1) is 17.2 Å². The molecule has 26 heavy (non-hydrogen) atoms. The van der Waals surface area contributed by atoms with Gasteiger partial charge in [0.15, 0.2) is 0 Å². The molecule has 0 saturated carbocycles. The molecule has 1 aromatic rings. The molecule has 1 heterocycles. The SMILES string of the molecule is CC(C)(C)OC(=O)NC1CN(C(=O)c2c(Br)ccc(C(F)(F)F)c2F)C1. The van der Waals surface area contributed by atoms with Gasteiger partial charge in [-0.2, -0.15) is 13.2 Å². The summed E-state index contributed by atoms with van der Waals surface area (Å²) in [6, 6.07) is 1.13. The monoisotopic (exact) mass is 440 g/mol. The second kappa shape index (κ2) is 7.05. The summed E-state index contributed by atoms with van der Waals surface area (Å²) in [4.78, 5) is 25.1. The number of hydrogen-bond acceptors (Lipinski definition) is 3. The zero-order valence-corrected chi connectivity index (χ0v) is 15.8. The number of carbonyl (C=O) groups excluding carboxylic acids is 2. The van der Waals surface area contributed by atoms with Crippen LogP contribution in [0.3, 0.4) is 0 Å². The highest BCUT2D eigenvalue weighted by atomic mass is 79.9.